The van der Waals surface area contributed by atoms with E-state index < -0.39 is 5.97 Å². The molecule has 1 N–H and O–H groups in total. The SMILES string of the molecule is CCNC(CC1CCCC1)c1ccc(C(=O)OC)o1. The lowest BCUT2D eigenvalue weighted by molar-refractivity contribution is 0.0561. The van der Waals surface area contributed by atoms with Crippen LogP contribution in [0.15, 0.2) is 16.5 Å². The fourth-order valence-corrected chi connectivity index (χ4v) is 2.88. The summed E-state index contributed by atoms with van der Waals surface area (Å²) in [7, 11) is 1.37. The van der Waals surface area contributed by atoms with E-state index in [0.29, 0.717) is 0 Å². The van der Waals surface area contributed by atoms with Gasteiger partial charge >= 0.3 is 5.97 Å². The first-order valence-electron chi connectivity index (χ1n) is 7.16. The Bertz CT molecular complexity index is 407. The first kappa shape index (κ1) is 14.1. The van der Waals surface area contributed by atoms with Crippen LogP contribution in [-0.4, -0.2) is 19.6 Å². The minimum atomic E-state index is -0.414. The van der Waals surface area contributed by atoms with Crippen LogP contribution in [0, 0.1) is 5.92 Å². The molecule has 1 fully saturated rings. The van der Waals surface area contributed by atoms with Gasteiger partial charge in [-0.1, -0.05) is 32.6 Å². The lowest BCUT2D eigenvalue weighted by atomic mass is 9.97. The molecule has 0 bridgehead atoms. The Kier molecular flexibility index (Phi) is 5.02. The Morgan fingerprint density at radius 1 is 1.47 bits per heavy atom. The highest BCUT2D eigenvalue weighted by Crippen LogP contribution is 2.33. The number of carbonyl (C=O) groups is 1. The molecule has 0 aromatic carbocycles. The van der Waals surface area contributed by atoms with Gasteiger partial charge in [0.05, 0.1) is 13.2 Å². The van der Waals surface area contributed by atoms with E-state index in [2.05, 4.69) is 17.0 Å². The van der Waals surface area contributed by atoms with Crippen molar-refractivity contribution in [1.29, 1.82) is 0 Å². The molecule has 1 aliphatic rings. The van der Waals surface area contributed by atoms with Crippen LogP contribution in [0.4, 0.5) is 0 Å². The van der Waals surface area contributed by atoms with Crippen molar-refractivity contribution in [3.63, 3.8) is 0 Å². The lowest BCUT2D eigenvalue weighted by Gasteiger charge is -2.19. The monoisotopic (exact) mass is 265 g/mol. The van der Waals surface area contributed by atoms with Crippen molar-refractivity contribution in [2.24, 2.45) is 5.92 Å². The zero-order valence-corrected chi connectivity index (χ0v) is 11.8. The second-order valence-electron chi connectivity index (χ2n) is 5.19. The highest BCUT2D eigenvalue weighted by molar-refractivity contribution is 5.86. The highest BCUT2D eigenvalue weighted by atomic mass is 16.5. The first-order valence-corrected chi connectivity index (χ1v) is 7.16. The number of ether oxygens (including phenoxy) is 1. The number of methoxy groups -OCH3 is 1. The molecule has 2 rings (SSSR count). The van der Waals surface area contributed by atoms with Crippen molar-refractivity contribution < 1.29 is 13.9 Å². The number of rotatable bonds is 6. The van der Waals surface area contributed by atoms with Crippen LogP contribution in [0.1, 0.15) is 61.4 Å². The predicted molar refractivity (Wildman–Crippen MR) is 73.0 cm³/mol. The minimum Gasteiger partial charge on any atom is -0.463 e. The first-order chi connectivity index (χ1) is 9.24. The van der Waals surface area contributed by atoms with Crippen molar-refractivity contribution >= 4 is 5.97 Å². The normalized spacial score (nSPS) is 17.6. The molecule has 1 aromatic heterocycles. The second kappa shape index (κ2) is 6.75. The second-order valence-corrected chi connectivity index (χ2v) is 5.19. The third-order valence-electron chi connectivity index (χ3n) is 3.85. The molecule has 0 amide bonds. The lowest BCUT2D eigenvalue weighted by Crippen LogP contribution is -2.22. The van der Waals surface area contributed by atoms with Gasteiger partial charge < -0.3 is 14.5 Å². The molecule has 19 heavy (non-hydrogen) atoms. The third kappa shape index (κ3) is 3.60. The zero-order chi connectivity index (χ0) is 13.7. The number of hydrogen-bond acceptors (Lipinski definition) is 4. The summed E-state index contributed by atoms with van der Waals surface area (Å²) < 4.78 is 10.3. The molecule has 0 aliphatic heterocycles. The molecule has 0 spiro atoms. The number of furan rings is 1. The smallest absolute Gasteiger partial charge is 0.373 e. The van der Waals surface area contributed by atoms with Crippen LogP contribution in [-0.2, 0) is 4.74 Å². The summed E-state index contributed by atoms with van der Waals surface area (Å²) in [6.45, 7) is 2.98. The van der Waals surface area contributed by atoms with Gasteiger partial charge in [0.15, 0.2) is 0 Å². The van der Waals surface area contributed by atoms with Crippen LogP contribution >= 0.6 is 0 Å². The predicted octanol–water partition coefficient (Wildman–Crippen LogP) is 3.30. The van der Waals surface area contributed by atoms with E-state index in [4.69, 9.17) is 4.42 Å². The Balaban J connectivity index is 2.04. The summed E-state index contributed by atoms with van der Waals surface area (Å²) in [4.78, 5) is 11.4. The maximum Gasteiger partial charge on any atom is 0.373 e. The van der Waals surface area contributed by atoms with E-state index in [1.165, 1.54) is 32.8 Å². The quantitative estimate of drug-likeness (QED) is 0.802. The molecule has 0 saturated heterocycles. The van der Waals surface area contributed by atoms with E-state index in [-0.39, 0.29) is 11.8 Å². The molecule has 1 aromatic rings. The maximum atomic E-state index is 11.4. The largest absolute Gasteiger partial charge is 0.463 e. The van der Waals surface area contributed by atoms with Gasteiger partial charge in [0.25, 0.3) is 0 Å². The number of carbonyl (C=O) groups excluding carboxylic acids is 1. The standard InChI is InChI=1S/C15H23NO3/c1-3-16-12(10-11-6-4-5-7-11)13-8-9-14(19-13)15(17)18-2/h8-9,11-12,16H,3-7,10H2,1-2H3. The van der Waals surface area contributed by atoms with Crippen molar-refractivity contribution in [1.82, 2.24) is 5.32 Å². The molecular weight excluding hydrogens is 242 g/mol. The summed E-state index contributed by atoms with van der Waals surface area (Å²) in [5, 5.41) is 3.45. The van der Waals surface area contributed by atoms with Gasteiger partial charge in [-0.15, -0.1) is 0 Å². The van der Waals surface area contributed by atoms with Crippen molar-refractivity contribution in [3.8, 4) is 0 Å². The summed E-state index contributed by atoms with van der Waals surface area (Å²) in [6.07, 6.45) is 6.39. The van der Waals surface area contributed by atoms with Gasteiger partial charge in [0, 0.05) is 0 Å². The summed E-state index contributed by atoms with van der Waals surface area (Å²) in [6, 6.07) is 3.78. The topological polar surface area (TPSA) is 51.5 Å². The number of esters is 1. The number of nitrogens with one attached hydrogen (secondary N) is 1. The minimum absolute atomic E-state index is 0.200. The fourth-order valence-electron chi connectivity index (χ4n) is 2.88. The van der Waals surface area contributed by atoms with E-state index >= 15 is 0 Å². The van der Waals surface area contributed by atoms with Gasteiger partial charge in [-0.3, -0.25) is 0 Å². The van der Waals surface area contributed by atoms with Crippen LogP contribution in [0.5, 0.6) is 0 Å². The molecule has 4 nitrogen and oxygen atoms in total. The van der Waals surface area contributed by atoms with Crippen molar-refractivity contribution in [2.45, 2.75) is 45.1 Å². The average molecular weight is 265 g/mol. The molecule has 1 heterocycles. The van der Waals surface area contributed by atoms with Crippen LogP contribution in [0.25, 0.3) is 0 Å². The molecule has 1 saturated carbocycles. The van der Waals surface area contributed by atoms with Gasteiger partial charge in [0.2, 0.25) is 5.76 Å². The Morgan fingerprint density at radius 2 is 2.21 bits per heavy atom. The van der Waals surface area contributed by atoms with Crippen LogP contribution < -0.4 is 5.32 Å². The molecule has 106 valence electrons. The Morgan fingerprint density at radius 3 is 2.84 bits per heavy atom. The van der Waals surface area contributed by atoms with E-state index in [9.17, 15) is 4.79 Å². The zero-order valence-electron chi connectivity index (χ0n) is 11.8. The summed E-state index contributed by atoms with van der Waals surface area (Å²) in [5.41, 5.74) is 0. The molecule has 4 heteroatoms. The molecule has 1 unspecified atom stereocenters. The summed E-state index contributed by atoms with van der Waals surface area (Å²) in [5.74, 6) is 1.49. The van der Waals surface area contributed by atoms with Crippen LogP contribution in [0.2, 0.25) is 0 Å². The number of hydrogen-bond donors (Lipinski definition) is 1. The van der Waals surface area contributed by atoms with E-state index in [0.717, 1.165) is 24.6 Å². The molecule has 1 atom stereocenters. The fraction of sp³-hybridized carbons (Fsp3) is 0.667. The molecular formula is C15H23NO3. The van der Waals surface area contributed by atoms with Gasteiger partial charge in [-0.25, -0.2) is 4.79 Å². The average Bonchev–Trinajstić information content (AvgIpc) is 3.08. The van der Waals surface area contributed by atoms with E-state index in [1.54, 1.807) is 6.07 Å². The van der Waals surface area contributed by atoms with Gasteiger partial charge in [-0.2, -0.15) is 0 Å². The van der Waals surface area contributed by atoms with Crippen molar-refractivity contribution in [2.75, 3.05) is 13.7 Å². The Labute approximate surface area is 114 Å². The third-order valence-corrected chi connectivity index (χ3v) is 3.85. The van der Waals surface area contributed by atoms with Crippen LogP contribution in [0.3, 0.4) is 0 Å². The maximum absolute atomic E-state index is 11.4. The summed E-state index contributed by atoms with van der Waals surface area (Å²) >= 11 is 0. The van der Waals surface area contributed by atoms with Crippen molar-refractivity contribution in [3.05, 3.63) is 23.7 Å². The Hall–Kier alpha value is -1.29. The van der Waals surface area contributed by atoms with E-state index in [1.807, 2.05) is 6.07 Å². The highest BCUT2D eigenvalue weighted by Gasteiger charge is 2.23. The van der Waals surface area contributed by atoms with Gasteiger partial charge in [-0.05, 0) is 31.0 Å². The molecule has 1 aliphatic carbocycles. The van der Waals surface area contributed by atoms with Gasteiger partial charge in [0.1, 0.15) is 5.76 Å². The molecule has 0 radical (unpaired) electrons.